The molecule has 0 aromatic rings. The zero-order valence-electron chi connectivity index (χ0n) is 18.4. The van der Waals surface area contributed by atoms with Crippen molar-refractivity contribution in [3.63, 3.8) is 0 Å². The molecule has 0 radical (unpaired) electrons. The van der Waals surface area contributed by atoms with Gasteiger partial charge in [0.15, 0.2) is 0 Å². The zero-order chi connectivity index (χ0) is 19.1. The molecule has 2 heteroatoms. The molecular formula is C24H50OSe. The summed E-state index contributed by atoms with van der Waals surface area (Å²) in [6, 6.07) is 0. The quantitative estimate of drug-likeness (QED) is 0.123. The van der Waals surface area contributed by atoms with Gasteiger partial charge >= 0.3 is 171 Å². The Morgan fingerprint density at radius 3 is 0.885 bits per heavy atom. The summed E-state index contributed by atoms with van der Waals surface area (Å²) in [7, 11) is 0. The average Bonchev–Trinajstić information content (AvgIpc) is 2.64. The van der Waals surface area contributed by atoms with Crippen LogP contribution in [-0.4, -0.2) is 13.8 Å². The van der Waals surface area contributed by atoms with Crippen LogP contribution in [-0.2, 0) is 3.83 Å². The summed E-state index contributed by atoms with van der Waals surface area (Å²) in [5.74, 6) is 0. The van der Waals surface area contributed by atoms with Crippen molar-refractivity contribution >= 4 is 13.8 Å². The first-order valence-corrected chi connectivity index (χ1v) is 15.3. The Morgan fingerprint density at radius 2 is 0.615 bits per heavy atom. The molecule has 0 saturated heterocycles. The second-order valence-electron chi connectivity index (χ2n) is 8.21. The predicted octanol–water partition coefficient (Wildman–Crippen LogP) is 9.25. The molecule has 0 rings (SSSR count). The van der Waals surface area contributed by atoms with E-state index in [0.717, 1.165) is 10.6 Å². The van der Waals surface area contributed by atoms with Crippen molar-refractivity contribution in [2.75, 3.05) is 0 Å². The van der Waals surface area contributed by atoms with Crippen LogP contribution in [0, 0.1) is 0 Å². The molecule has 0 aromatic carbocycles. The third kappa shape index (κ3) is 22.4. The molecule has 0 aliphatic carbocycles. The van der Waals surface area contributed by atoms with Crippen LogP contribution in [0.5, 0.6) is 0 Å². The van der Waals surface area contributed by atoms with Gasteiger partial charge in [-0.25, -0.2) is 0 Å². The minimum atomic E-state index is -1.48. The molecule has 1 nitrogen and oxygen atoms in total. The number of hydrogen-bond acceptors (Lipinski definition) is 1. The first kappa shape index (κ1) is 26.3. The van der Waals surface area contributed by atoms with Gasteiger partial charge < -0.3 is 0 Å². The minimum absolute atomic E-state index is 1.05. The SMILES string of the molecule is CCCCCCCCCCCC[Se](=O)CCCCCCCCCCCC. The van der Waals surface area contributed by atoms with Crippen molar-refractivity contribution in [3.8, 4) is 0 Å². The van der Waals surface area contributed by atoms with Gasteiger partial charge in [-0.15, -0.1) is 0 Å². The van der Waals surface area contributed by atoms with Crippen LogP contribution < -0.4 is 0 Å². The molecular weight excluding hydrogens is 383 g/mol. The Labute approximate surface area is 170 Å². The molecule has 0 unspecified atom stereocenters. The van der Waals surface area contributed by atoms with E-state index in [1.807, 2.05) is 0 Å². The molecule has 0 aliphatic rings. The van der Waals surface area contributed by atoms with Crippen LogP contribution in [0.3, 0.4) is 0 Å². The van der Waals surface area contributed by atoms with E-state index in [9.17, 15) is 3.83 Å². The summed E-state index contributed by atoms with van der Waals surface area (Å²) in [6.45, 7) is 4.56. The maximum absolute atomic E-state index is 12.1. The molecule has 0 aliphatic heterocycles. The van der Waals surface area contributed by atoms with Crippen LogP contribution in [0.15, 0.2) is 0 Å². The fourth-order valence-electron chi connectivity index (χ4n) is 3.60. The van der Waals surface area contributed by atoms with E-state index < -0.39 is 13.8 Å². The molecule has 0 aromatic heterocycles. The van der Waals surface area contributed by atoms with Gasteiger partial charge in [0.05, 0.1) is 0 Å². The average molecular weight is 434 g/mol. The topological polar surface area (TPSA) is 17.1 Å². The van der Waals surface area contributed by atoms with Gasteiger partial charge in [-0.1, -0.05) is 0 Å². The third-order valence-corrected chi connectivity index (χ3v) is 8.57. The van der Waals surface area contributed by atoms with E-state index in [0.29, 0.717) is 0 Å². The number of rotatable bonds is 22. The Kier molecular flexibility index (Phi) is 23.6. The van der Waals surface area contributed by atoms with E-state index >= 15 is 0 Å². The number of unbranched alkanes of at least 4 members (excludes halogenated alkanes) is 18. The summed E-state index contributed by atoms with van der Waals surface area (Å²) in [5.41, 5.74) is 0. The van der Waals surface area contributed by atoms with Crippen LogP contribution in [0.2, 0.25) is 10.6 Å². The van der Waals surface area contributed by atoms with Crippen molar-refractivity contribution in [1.29, 1.82) is 0 Å². The van der Waals surface area contributed by atoms with Gasteiger partial charge in [0.2, 0.25) is 0 Å². The Hall–Kier alpha value is 0.319. The van der Waals surface area contributed by atoms with Gasteiger partial charge in [0.1, 0.15) is 0 Å². The monoisotopic (exact) mass is 434 g/mol. The second kappa shape index (κ2) is 23.4. The van der Waals surface area contributed by atoms with Crippen LogP contribution >= 0.6 is 0 Å². The van der Waals surface area contributed by atoms with Crippen LogP contribution in [0.25, 0.3) is 0 Å². The van der Waals surface area contributed by atoms with Gasteiger partial charge in [0, 0.05) is 0 Å². The summed E-state index contributed by atoms with van der Waals surface area (Å²) in [4.78, 5) is 0. The Balaban J connectivity index is 3.13. The molecule has 0 bridgehead atoms. The van der Waals surface area contributed by atoms with Gasteiger partial charge in [-0.3, -0.25) is 0 Å². The molecule has 26 heavy (non-hydrogen) atoms. The first-order chi connectivity index (χ1) is 12.8. The second-order valence-corrected chi connectivity index (χ2v) is 11.8. The van der Waals surface area contributed by atoms with E-state index in [1.165, 1.54) is 128 Å². The van der Waals surface area contributed by atoms with Gasteiger partial charge in [-0.2, -0.15) is 0 Å². The van der Waals surface area contributed by atoms with E-state index in [4.69, 9.17) is 0 Å². The van der Waals surface area contributed by atoms with E-state index in [2.05, 4.69) is 13.8 Å². The van der Waals surface area contributed by atoms with E-state index in [1.54, 1.807) is 0 Å². The van der Waals surface area contributed by atoms with Crippen molar-refractivity contribution in [2.45, 2.75) is 153 Å². The van der Waals surface area contributed by atoms with Crippen molar-refractivity contribution in [1.82, 2.24) is 0 Å². The van der Waals surface area contributed by atoms with Gasteiger partial charge in [-0.05, 0) is 0 Å². The first-order valence-electron chi connectivity index (χ1n) is 12.2. The molecule has 0 atom stereocenters. The molecule has 158 valence electrons. The molecule has 0 amide bonds. The van der Waals surface area contributed by atoms with Crippen molar-refractivity contribution < 1.29 is 3.83 Å². The van der Waals surface area contributed by atoms with Crippen molar-refractivity contribution in [3.05, 3.63) is 0 Å². The maximum atomic E-state index is 12.1. The molecule has 0 spiro atoms. The van der Waals surface area contributed by atoms with Crippen LogP contribution in [0.1, 0.15) is 142 Å². The Morgan fingerprint density at radius 1 is 0.385 bits per heavy atom. The summed E-state index contributed by atoms with van der Waals surface area (Å²) in [6.07, 6.45) is 27.5. The summed E-state index contributed by atoms with van der Waals surface area (Å²) >= 11 is -1.48. The standard InChI is InChI=1S/C24H50OSe/c1-3-5-7-9-11-13-15-17-19-21-23-26(25)24-22-20-18-16-14-12-10-8-6-4-2/h3-24H2,1-2H3. The van der Waals surface area contributed by atoms with Crippen LogP contribution in [0.4, 0.5) is 0 Å². The van der Waals surface area contributed by atoms with E-state index in [-0.39, 0.29) is 0 Å². The molecule has 0 saturated carbocycles. The third-order valence-electron chi connectivity index (χ3n) is 5.45. The fraction of sp³-hybridized carbons (Fsp3) is 1.00. The number of hydrogen-bond donors (Lipinski definition) is 0. The van der Waals surface area contributed by atoms with Gasteiger partial charge in [0.25, 0.3) is 0 Å². The Bertz CT molecular complexity index is 251. The molecule has 0 N–H and O–H groups in total. The van der Waals surface area contributed by atoms with Crippen molar-refractivity contribution in [2.24, 2.45) is 0 Å². The predicted molar refractivity (Wildman–Crippen MR) is 120 cm³/mol. The fourth-order valence-corrected chi connectivity index (χ4v) is 6.24. The summed E-state index contributed by atoms with van der Waals surface area (Å²) < 4.78 is 12.1. The molecule has 0 heterocycles. The zero-order valence-corrected chi connectivity index (χ0v) is 20.1. The molecule has 0 fully saturated rings. The normalized spacial score (nSPS) is 11.5. The summed E-state index contributed by atoms with van der Waals surface area (Å²) in [5, 5.41) is 2.10.